The van der Waals surface area contributed by atoms with E-state index in [1.54, 1.807) is 53.8 Å². The Kier molecular flexibility index (Phi) is 5.13. The molecule has 1 N–H and O–H groups in total. The van der Waals surface area contributed by atoms with Gasteiger partial charge in [-0.3, -0.25) is 4.79 Å². The average molecular weight is 359 g/mol. The van der Waals surface area contributed by atoms with Crippen LogP contribution >= 0.6 is 22.9 Å². The van der Waals surface area contributed by atoms with Crippen molar-refractivity contribution < 1.29 is 9.53 Å². The van der Waals surface area contributed by atoms with Crippen molar-refractivity contribution in [1.29, 1.82) is 0 Å². The largest absolute Gasteiger partial charge is 0.486 e. The molecule has 3 aromatic rings. The van der Waals surface area contributed by atoms with E-state index in [2.05, 4.69) is 10.3 Å². The average Bonchev–Trinajstić information content (AvgIpc) is 3.01. The molecule has 3 rings (SSSR count). The first-order valence-corrected chi connectivity index (χ1v) is 8.57. The molecule has 0 unspecified atom stereocenters. The van der Waals surface area contributed by atoms with Crippen molar-refractivity contribution in [2.24, 2.45) is 0 Å². The van der Waals surface area contributed by atoms with Gasteiger partial charge in [0.15, 0.2) is 0 Å². The Morgan fingerprint density at radius 2 is 1.96 bits per heavy atom. The van der Waals surface area contributed by atoms with E-state index in [1.807, 2.05) is 18.4 Å². The number of rotatable bonds is 5. The van der Waals surface area contributed by atoms with Crippen molar-refractivity contribution in [2.75, 3.05) is 5.32 Å². The summed E-state index contributed by atoms with van der Waals surface area (Å²) in [6.45, 7) is 2.28. The highest BCUT2D eigenvalue weighted by molar-refractivity contribution is 7.09. The number of halogens is 1. The third-order valence-electron chi connectivity index (χ3n) is 3.28. The molecule has 0 bridgehead atoms. The molecule has 0 saturated carbocycles. The molecule has 1 aromatic heterocycles. The summed E-state index contributed by atoms with van der Waals surface area (Å²) in [6.07, 6.45) is 0. The number of nitrogens with one attached hydrogen (secondary N) is 1. The van der Waals surface area contributed by atoms with Crippen LogP contribution in [-0.4, -0.2) is 10.9 Å². The van der Waals surface area contributed by atoms with E-state index < -0.39 is 0 Å². The molecule has 1 heterocycles. The Morgan fingerprint density at radius 1 is 1.21 bits per heavy atom. The van der Waals surface area contributed by atoms with E-state index in [-0.39, 0.29) is 5.91 Å². The van der Waals surface area contributed by atoms with Crippen molar-refractivity contribution in [3.05, 3.63) is 75.2 Å². The maximum absolute atomic E-state index is 12.5. The minimum atomic E-state index is -0.234. The third kappa shape index (κ3) is 4.13. The van der Waals surface area contributed by atoms with E-state index in [9.17, 15) is 4.79 Å². The van der Waals surface area contributed by atoms with Crippen LogP contribution in [0.5, 0.6) is 5.75 Å². The zero-order chi connectivity index (χ0) is 16.9. The van der Waals surface area contributed by atoms with Gasteiger partial charge in [-0.05, 0) is 43.3 Å². The monoisotopic (exact) mass is 358 g/mol. The van der Waals surface area contributed by atoms with Crippen LogP contribution in [0.2, 0.25) is 5.02 Å². The van der Waals surface area contributed by atoms with Gasteiger partial charge in [0, 0.05) is 16.1 Å². The van der Waals surface area contributed by atoms with Crippen molar-refractivity contribution in [3.8, 4) is 5.75 Å². The quantitative estimate of drug-likeness (QED) is 0.703. The molecular formula is C18H15ClN2O2S. The van der Waals surface area contributed by atoms with E-state index in [1.165, 1.54) is 0 Å². The second kappa shape index (κ2) is 7.47. The molecule has 4 nitrogen and oxygen atoms in total. The number of hydrogen-bond donors (Lipinski definition) is 1. The second-order valence-corrected chi connectivity index (χ2v) is 6.60. The molecule has 0 aliphatic carbocycles. The summed E-state index contributed by atoms with van der Waals surface area (Å²) >= 11 is 7.43. The van der Waals surface area contributed by atoms with Gasteiger partial charge in [0.1, 0.15) is 12.4 Å². The van der Waals surface area contributed by atoms with E-state index >= 15 is 0 Å². The summed E-state index contributed by atoms with van der Waals surface area (Å²) in [5.41, 5.74) is 2.00. The normalized spacial score (nSPS) is 10.4. The van der Waals surface area contributed by atoms with Crippen molar-refractivity contribution >= 4 is 34.5 Å². The van der Waals surface area contributed by atoms with Crippen LogP contribution in [0.3, 0.4) is 0 Å². The highest BCUT2D eigenvalue weighted by Crippen LogP contribution is 2.22. The molecule has 0 aliphatic heterocycles. The van der Waals surface area contributed by atoms with E-state index in [0.29, 0.717) is 28.6 Å². The number of benzene rings is 2. The van der Waals surface area contributed by atoms with Crippen molar-refractivity contribution in [1.82, 2.24) is 4.98 Å². The molecule has 122 valence electrons. The van der Waals surface area contributed by atoms with E-state index in [0.717, 1.165) is 10.7 Å². The first kappa shape index (κ1) is 16.5. The lowest BCUT2D eigenvalue weighted by Crippen LogP contribution is -2.13. The lowest BCUT2D eigenvalue weighted by atomic mass is 10.2. The smallest absolute Gasteiger partial charge is 0.259 e. The lowest BCUT2D eigenvalue weighted by molar-refractivity contribution is 0.102. The number of ether oxygens (including phenoxy) is 1. The Morgan fingerprint density at radius 3 is 2.67 bits per heavy atom. The summed E-state index contributed by atoms with van der Waals surface area (Å²) in [4.78, 5) is 16.9. The van der Waals surface area contributed by atoms with Crippen LogP contribution < -0.4 is 10.1 Å². The number of carbonyl (C=O) groups is 1. The third-order valence-corrected chi connectivity index (χ3v) is 4.35. The number of anilines is 1. The molecule has 0 radical (unpaired) electrons. The van der Waals surface area contributed by atoms with E-state index in [4.69, 9.17) is 16.3 Å². The zero-order valence-electron chi connectivity index (χ0n) is 13.0. The minimum absolute atomic E-state index is 0.234. The fourth-order valence-corrected chi connectivity index (χ4v) is 2.86. The maximum atomic E-state index is 12.5. The lowest BCUT2D eigenvalue weighted by Gasteiger charge is -2.11. The zero-order valence-corrected chi connectivity index (χ0v) is 14.5. The predicted octanol–water partition coefficient (Wildman–Crippen LogP) is 4.94. The van der Waals surface area contributed by atoms with Crippen molar-refractivity contribution in [3.63, 3.8) is 0 Å². The van der Waals surface area contributed by atoms with Gasteiger partial charge in [-0.2, -0.15) is 0 Å². The number of hydrogen-bond acceptors (Lipinski definition) is 4. The molecule has 6 heteroatoms. The fourth-order valence-electron chi connectivity index (χ4n) is 2.14. The number of amides is 1. The minimum Gasteiger partial charge on any atom is -0.486 e. The Balaban J connectivity index is 1.72. The number of para-hydroxylation sites is 1. The number of thiazole rings is 1. The number of aromatic nitrogens is 1. The van der Waals surface area contributed by atoms with Gasteiger partial charge in [-0.15, -0.1) is 11.3 Å². The molecule has 0 saturated heterocycles. The Labute approximate surface area is 149 Å². The molecule has 0 atom stereocenters. The van der Waals surface area contributed by atoms with Crippen molar-refractivity contribution in [2.45, 2.75) is 13.5 Å². The molecule has 2 aromatic carbocycles. The fraction of sp³-hybridized carbons (Fsp3) is 0.111. The molecule has 24 heavy (non-hydrogen) atoms. The van der Waals surface area contributed by atoms with Gasteiger partial charge in [0.05, 0.1) is 16.3 Å². The van der Waals surface area contributed by atoms with Crippen LogP contribution in [0.25, 0.3) is 0 Å². The van der Waals surface area contributed by atoms with Gasteiger partial charge in [-0.1, -0.05) is 23.7 Å². The van der Waals surface area contributed by atoms with Gasteiger partial charge in [0.25, 0.3) is 5.91 Å². The second-order valence-electron chi connectivity index (χ2n) is 5.10. The molecule has 0 spiro atoms. The molecule has 0 aliphatic rings. The first-order chi connectivity index (χ1) is 11.6. The predicted molar refractivity (Wildman–Crippen MR) is 97.0 cm³/mol. The first-order valence-electron chi connectivity index (χ1n) is 7.31. The summed E-state index contributed by atoms with van der Waals surface area (Å²) < 4.78 is 5.78. The SMILES string of the molecule is Cc1nc(COc2ccccc2C(=O)Nc2ccc(Cl)cc2)cs1. The molecule has 1 amide bonds. The molecular weight excluding hydrogens is 344 g/mol. The highest BCUT2D eigenvalue weighted by Gasteiger charge is 2.13. The van der Waals surface area contributed by atoms with Crippen LogP contribution in [-0.2, 0) is 6.61 Å². The highest BCUT2D eigenvalue weighted by atomic mass is 35.5. The number of aryl methyl sites for hydroxylation is 1. The van der Waals surface area contributed by atoms with Crippen LogP contribution in [0.1, 0.15) is 21.1 Å². The van der Waals surface area contributed by atoms with Crippen LogP contribution in [0, 0.1) is 6.92 Å². The maximum Gasteiger partial charge on any atom is 0.259 e. The summed E-state index contributed by atoms with van der Waals surface area (Å²) in [6, 6.07) is 14.1. The standard InChI is InChI=1S/C18H15ClN2O2S/c1-12-20-15(11-24-12)10-23-17-5-3-2-4-16(17)18(22)21-14-8-6-13(19)7-9-14/h2-9,11H,10H2,1H3,(H,21,22). The Hall–Kier alpha value is -2.37. The number of nitrogens with zero attached hydrogens (tertiary/aromatic N) is 1. The topological polar surface area (TPSA) is 51.2 Å². The van der Waals surface area contributed by atoms with Crippen LogP contribution in [0.4, 0.5) is 5.69 Å². The van der Waals surface area contributed by atoms with Gasteiger partial charge in [-0.25, -0.2) is 4.98 Å². The van der Waals surface area contributed by atoms with Gasteiger partial charge in [0.2, 0.25) is 0 Å². The van der Waals surface area contributed by atoms with Gasteiger partial charge >= 0.3 is 0 Å². The summed E-state index contributed by atoms with van der Waals surface area (Å²) in [5, 5.41) is 6.40. The molecule has 0 fully saturated rings. The summed E-state index contributed by atoms with van der Waals surface area (Å²) in [5.74, 6) is 0.289. The summed E-state index contributed by atoms with van der Waals surface area (Å²) in [7, 11) is 0. The Bertz CT molecular complexity index is 846. The van der Waals surface area contributed by atoms with Gasteiger partial charge < -0.3 is 10.1 Å². The van der Waals surface area contributed by atoms with Crippen LogP contribution in [0.15, 0.2) is 53.9 Å². The number of carbonyl (C=O) groups excluding carboxylic acids is 1.